The van der Waals surface area contributed by atoms with Gasteiger partial charge in [0, 0.05) is 6.54 Å². The summed E-state index contributed by atoms with van der Waals surface area (Å²) >= 11 is 12.3. The summed E-state index contributed by atoms with van der Waals surface area (Å²) in [7, 11) is 0. The van der Waals surface area contributed by atoms with Gasteiger partial charge in [0.25, 0.3) is 5.91 Å². The highest BCUT2D eigenvalue weighted by atomic mass is 35.5. The Labute approximate surface area is 155 Å². The second-order valence-electron chi connectivity index (χ2n) is 5.32. The number of rotatable bonds is 5. The summed E-state index contributed by atoms with van der Waals surface area (Å²) in [6.45, 7) is 0.455. The van der Waals surface area contributed by atoms with Crippen molar-refractivity contribution >= 4 is 40.5 Å². The lowest BCUT2D eigenvalue weighted by atomic mass is 10.2. The van der Waals surface area contributed by atoms with Crippen LogP contribution in [0.1, 0.15) is 16.1 Å². The molecule has 1 aromatic heterocycles. The van der Waals surface area contributed by atoms with Crippen LogP contribution in [0, 0.1) is 0 Å². The molecule has 3 aromatic rings. The third kappa shape index (κ3) is 4.50. The molecule has 2 aromatic carbocycles. The minimum absolute atomic E-state index is 0.230. The third-order valence-electron chi connectivity index (χ3n) is 3.52. The van der Waals surface area contributed by atoms with E-state index in [-0.39, 0.29) is 5.91 Å². The van der Waals surface area contributed by atoms with E-state index in [0.29, 0.717) is 33.7 Å². The van der Waals surface area contributed by atoms with Crippen molar-refractivity contribution in [3.63, 3.8) is 0 Å². The number of benzene rings is 2. The molecule has 1 heterocycles. The molecule has 0 saturated carbocycles. The number of para-hydroxylation sites is 1. The monoisotopic (exact) mass is 371 g/mol. The molecule has 0 radical (unpaired) electrons. The van der Waals surface area contributed by atoms with Crippen LogP contribution < -0.4 is 10.6 Å². The molecule has 0 unspecified atom stereocenters. The van der Waals surface area contributed by atoms with Crippen molar-refractivity contribution in [2.75, 3.05) is 5.32 Å². The number of nitrogens with one attached hydrogen (secondary N) is 2. The number of nitrogens with zero attached hydrogens (tertiary/aromatic N) is 1. The summed E-state index contributed by atoms with van der Waals surface area (Å²) in [5, 5.41) is 6.97. The zero-order valence-electron chi connectivity index (χ0n) is 13.2. The molecule has 2 N–H and O–H groups in total. The fraction of sp³-hybridized carbons (Fsp3) is 0.0526. The van der Waals surface area contributed by atoms with Gasteiger partial charge in [0.1, 0.15) is 5.69 Å². The maximum absolute atomic E-state index is 12.2. The van der Waals surface area contributed by atoms with Gasteiger partial charge in [0.05, 0.1) is 27.6 Å². The lowest BCUT2D eigenvalue weighted by molar-refractivity contribution is 0.0946. The number of hydrogen-bond acceptors (Lipinski definition) is 3. The van der Waals surface area contributed by atoms with Gasteiger partial charge < -0.3 is 10.6 Å². The fourth-order valence-electron chi connectivity index (χ4n) is 2.23. The molecule has 0 atom stereocenters. The lowest BCUT2D eigenvalue weighted by Crippen LogP contribution is -2.23. The van der Waals surface area contributed by atoms with Crippen LogP contribution in [0.4, 0.5) is 11.4 Å². The number of carbonyl (C=O) groups excluding carboxylic acids is 1. The van der Waals surface area contributed by atoms with E-state index in [1.54, 1.807) is 36.5 Å². The number of hydrogen-bond donors (Lipinski definition) is 2. The molecule has 0 aliphatic rings. The normalized spacial score (nSPS) is 10.3. The summed E-state index contributed by atoms with van der Waals surface area (Å²) in [6.07, 6.45) is 1.57. The second-order valence-corrected chi connectivity index (χ2v) is 6.14. The first kappa shape index (κ1) is 17.3. The minimum atomic E-state index is -0.230. The van der Waals surface area contributed by atoms with Crippen molar-refractivity contribution in [2.24, 2.45) is 0 Å². The number of amides is 1. The van der Waals surface area contributed by atoms with Crippen molar-refractivity contribution in [2.45, 2.75) is 6.54 Å². The average Bonchev–Trinajstić information content (AvgIpc) is 2.64. The molecule has 0 spiro atoms. The molecule has 25 heavy (non-hydrogen) atoms. The second kappa shape index (κ2) is 8.01. The van der Waals surface area contributed by atoms with Gasteiger partial charge in [-0.2, -0.15) is 0 Å². The van der Waals surface area contributed by atoms with Crippen molar-refractivity contribution < 1.29 is 4.79 Å². The molecule has 0 saturated heterocycles. The van der Waals surface area contributed by atoms with Gasteiger partial charge in [-0.05, 0) is 29.8 Å². The van der Waals surface area contributed by atoms with E-state index in [1.165, 1.54) is 0 Å². The Morgan fingerprint density at radius 1 is 0.920 bits per heavy atom. The molecule has 0 aliphatic carbocycles. The van der Waals surface area contributed by atoms with Crippen LogP contribution in [0.5, 0.6) is 0 Å². The zero-order chi connectivity index (χ0) is 17.6. The van der Waals surface area contributed by atoms with Gasteiger partial charge >= 0.3 is 0 Å². The summed E-state index contributed by atoms with van der Waals surface area (Å²) in [5.41, 5.74) is 2.66. The molecular formula is C19H15Cl2N3O. The topological polar surface area (TPSA) is 54.0 Å². The molecule has 126 valence electrons. The van der Waals surface area contributed by atoms with Gasteiger partial charge in [0.2, 0.25) is 0 Å². The van der Waals surface area contributed by atoms with E-state index < -0.39 is 0 Å². The van der Waals surface area contributed by atoms with Crippen LogP contribution >= 0.6 is 23.2 Å². The van der Waals surface area contributed by atoms with Crippen LogP contribution in [0.3, 0.4) is 0 Å². The highest BCUT2D eigenvalue weighted by molar-refractivity contribution is 6.39. The molecule has 0 fully saturated rings. The standard InChI is InChI=1S/C19H15Cl2N3O/c20-15-7-4-8-16(21)18(15)24-14-9-10-17(22-12-14)19(25)23-11-13-5-2-1-3-6-13/h1-10,12,24H,11H2,(H,23,25). The SMILES string of the molecule is O=C(NCc1ccccc1)c1ccc(Nc2c(Cl)cccc2Cl)cn1. The number of pyridine rings is 1. The van der Waals surface area contributed by atoms with Crippen LogP contribution in [0.2, 0.25) is 10.0 Å². The summed E-state index contributed by atoms with van der Waals surface area (Å²) in [5.74, 6) is -0.230. The quantitative estimate of drug-likeness (QED) is 0.658. The number of halogens is 2. The van der Waals surface area contributed by atoms with E-state index in [1.807, 2.05) is 30.3 Å². The largest absolute Gasteiger partial charge is 0.352 e. The summed E-state index contributed by atoms with van der Waals surface area (Å²) in [4.78, 5) is 16.3. The fourth-order valence-corrected chi connectivity index (χ4v) is 2.72. The molecule has 0 aliphatic heterocycles. The first-order valence-corrected chi connectivity index (χ1v) is 8.38. The Balaban J connectivity index is 1.64. The maximum Gasteiger partial charge on any atom is 0.270 e. The van der Waals surface area contributed by atoms with E-state index in [0.717, 1.165) is 5.56 Å². The third-order valence-corrected chi connectivity index (χ3v) is 4.15. The molecule has 6 heteroatoms. The van der Waals surface area contributed by atoms with Gasteiger partial charge in [-0.25, -0.2) is 4.98 Å². The first-order valence-electron chi connectivity index (χ1n) is 7.63. The van der Waals surface area contributed by atoms with Crippen molar-refractivity contribution in [1.82, 2.24) is 10.3 Å². The van der Waals surface area contributed by atoms with Crippen molar-refractivity contribution in [1.29, 1.82) is 0 Å². The van der Waals surface area contributed by atoms with Crippen molar-refractivity contribution in [3.8, 4) is 0 Å². The molecule has 1 amide bonds. The predicted molar refractivity (Wildman–Crippen MR) is 102 cm³/mol. The van der Waals surface area contributed by atoms with Crippen LogP contribution in [0.25, 0.3) is 0 Å². The zero-order valence-corrected chi connectivity index (χ0v) is 14.7. The number of anilines is 2. The molecule has 0 bridgehead atoms. The maximum atomic E-state index is 12.2. The number of aromatic nitrogens is 1. The molecular weight excluding hydrogens is 357 g/mol. The summed E-state index contributed by atoms with van der Waals surface area (Å²) < 4.78 is 0. The van der Waals surface area contributed by atoms with Crippen LogP contribution in [-0.2, 0) is 6.54 Å². The Kier molecular flexibility index (Phi) is 5.53. The van der Waals surface area contributed by atoms with Gasteiger partial charge in [-0.3, -0.25) is 4.79 Å². The van der Waals surface area contributed by atoms with E-state index in [2.05, 4.69) is 15.6 Å². The van der Waals surface area contributed by atoms with E-state index in [4.69, 9.17) is 23.2 Å². The minimum Gasteiger partial charge on any atom is -0.352 e. The van der Waals surface area contributed by atoms with Gasteiger partial charge in [-0.1, -0.05) is 59.6 Å². The number of carbonyl (C=O) groups is 1. The van der Waals surface area contributed by atoms with Crippen molar-refractivity contribution in [3.05, 3.63) is 88.2 Å². The van der Waals surface area contributed by atoms with E-state index >= 15 is 0 Å². The highest BCUT2D eigenvalue weighted by Crippen LogP contribution is 2.32. The van der Waals surface area contributed by atoms with E-state index in [9.17, 15) is 4.79 Å². The van der Waals surface area contributed by atoms with Gasteiger partial charge in [-0.15, -0.1) is 0 Å². The first-order chi connectivity index (χ1) is 12.1. The highest BCUT2D eigenvalue weighted by Gasteiger charge is 2.09. The lowest BCUT2D eigenvalue weighted by Gasteiger charge is -2.10. The smallest absolute Gasteiger partial charge is 0.270 e. The molecule has 4 nitrogen and oxygen atoms in total. The Morgan fingerprint density at radius 2 is 1.64 bits per heavy atom. The van der Waals surface area contributed by atoms with Gasteiger partial charge in [0.15, 0.2) is 0 Å². The predicted octanol–water partition coefficient (Wildman–Crippen LogP) is 5.06. The Bertz CT molecular complexity index is 847. The van der Waals surface area contributed by atoms with Crippen LogP contribution in [0.15, 0.2) is 66.9 Å². The average molecular weight is 372 g/mol. The molecule has 3 rings (SSSR count). The Hall–Kier alpha value is -2.56. The Morgan fingerprint density at radius 3 is 2.28 bits per heavy atom. The summed E-state index contributed by atoms with van der Waals surface area (Å²) in [6, 6.07) is 18.4. The van der Waals surface area contributed by atoms with Crippen LogP contribution in [-0.4, -0.2) is 10.9 Å².